The fourth-order valence-corrected chi connectivity index (χ4v) is 4.20. The van der Waals surface area contributed by atoms with Crippen molar-refractivity contribution in [2.75, 3.05) is 23.3 Å². The Morgan fingerprint density at radius 1 is 1.16 bits per heavy atom. The molecule has 1 aliphatic heterocycles. The molecule has 1 aliphatic rings. The molecule has 8 heteroatoms. The Kier molecular flexibility index (Phi) is 5.88. The number of fused-ring (bicyclic) bond motifs is 1. The third-order valence-corrected chi connectivity index (χ3v) is 5.61. The van der Waals surface area contributed by atoms with Crippen molar-refractivity contribution >= 4 is 28.7 Å². The lowest BCUT2D eigenvalue weighted by atomic mass is 10.1. The van der Waals surface area contributed by atoms with E-state index in [0.717, 1.165) is 29.7 Å². The van der Waals surface area contributed by atoms with Gasteiger partial charge in [0.2, 0.25) is 0 Å². The SMILES string of the molecule is CCn1c(=O)c(N2CCC(NC(=O)Nc3cc(C)cc(C)c3)CC2)nc2cccnc21. The number of benzene rings is 1. The molecule has 8 nitrogen and oxygen atoms in total. The van der Waals surface area contributed by atoms with Gasteiger partial charge in [-0.15, -0.1) is 0 Å². The number of urea groups is 1. The van der Waals surface area contributed by atoms with E-state index in [1.165, 1.54) is 0 Å². The second-order valence-electron chi connectivity index (χ2n) is 8.07. The Morgan fingerprint density at radius 2 is 1.87 bits per heavy atom. The maximum absolute atomic E-state index is 13.0. The van der Waals surface area contributed by atoms with Crippen molar-refractivity contribution in [2.24, 2.45) is 0 Å². The van der Waals surface area contributed by atoms with Crippen LogP contribution in [0.5, 0.6) is 0 Å². The first-order chi connectivity index (χ1) is 14.9. The zero-order valence-corrected chi connectivity index (χ0v) is 18.2. The summed E-state index contributed by atoms with van der Waals surface area (Å²) >= 11 is 0. The van der Waals surface area contributed by atoms with Crippen molar-refractivity contribution in [3.63, 3.8) is 0 Å². The van der Waals surface area contributed by atoms with Gasteiger partial charge < -0.3 is 15.5 Å². The molecule has 2 aromatic heterocycles. The first-order valence-corrected chi connectivity index (χ1v) is 10.7. The molecule has 31 heavy (non-hydrogen) atoms. The average Bonchev–Trinajstić information content (AvgIpc) is 2.73. The normalized spacial score (nSPS) is 14.6. The highest BCUT2D eigenvalue weighted by atomic mass is 16.2. The maximum Gasteiger partial charge on any atom is 0.319 e. The minimum Gasteiger partial charge on any atom is -0.352 e. The standard InChI is InChI=1S/C23H28N6O2/c1-4-29-20-19(6-5-9-24-20)27-21(22(29)30)28-10-7-17(8-11-28)25-23(31)26-18-13-15(2)12-16(3)14-18/h5-6,9,12-14,17H,4,7-8,10-11H2,1-3H3,(H2,25,26,31). The zero-order valence-electron chi connectivity index (χ0n) is 18.2. The van der Waals surface area contributed by atoms with Gasteiger partial charge in [0.1, 0.15) is 5.52 Å². The Hall–Kier alpha value is -3.42. The monoisotopic (exact) mass is 420 g/mol. The van der Waals surface area contributed by atoms with Crippen LogP contribution in [0.2, 0.25) is 0 Å². The van der Waals surface area contributed by atoms with Gasteiger partial charge in [-0.1, -0.05) is 6.07 Å². The molecule has 4 rings (SSSR count). The molecule has 0 aliphatic carbocycles. The first kappa shape index (κ1) is 20.8. The summed E-state index contributed by atoms with van der Waals surface area (Å²) in [5.74, 6) is 0.459. The lowest BCUT2D eigenvalue weighted by Gasteiger charge is -2.33. The lowest BCUT2D eigenvalue weighted by molar-refractivity contribution is 0.246. The number of aryl methyl sites for hydroxylation is 3. The zero-order chi connectivity index (χ0) is 22.0. The molecule has 1 aromatic carbocycles. The van der Waals surface area contributed by atoms with Gasteiger partial charge in [0.25, 0.3) is 5.56 Å². The number of hydrogen-bond donors (Lipinski definition) is 2. The molecular weight excluding hydrogens is 392 g/mol. The van der Waals surface area contributed by atoms with Gasteiger partial charge in [-0.25, -0.2) is 14.8 Å². The minimum absolute atomic E-state index is 0.0534. The molecule has 0 atom stereocenters. The molecule has 3 aromatic rings. The van der Waals surface area contributed by atoms with Crippen LogP contribution in [0.4, 0.5) is 16.3 Å². The second-order valence-corrected chi connectivity index (χ2v) is 8.07. The number of rotatable bonds is 4. The number of nitrogens with zero attached hydrogens (tertiary/aromatic N) is 4. The average molecular weight is 421 g/mol. The van der Waals surface area contributed by atoms with Gasteiger partial charge >= 0.3 is 6.03 Å². The molecule has 1 fully saturated rings. The van der Waals surface area contributed by atoms with Gasteiger partial charge in [0.05, 0.1) is 0 Å². The summed E-state index contributed by atoms with van der Waals surface area (Å²) in [6.45, 7) is 7.81. The number of anilines is 2. The molecule has 0 saturated carbocycles. The third kappa shape index (κ3) is 4.52. The van der Waals surface area contributed by atoms with Crippen LogP contribution in [-0.2, 0) is 6.54 Å². The summed E-state index contributed by atoms with van der Waals surface area (Å²) in [6.07, 6.45) is 3.17. The first-order valence-electron chi connectivity index (χ1n) is 10.7. The van der Waals surface area contributed by atoms with E-state index in [2.05, 4.69) is 26.7 Å². The number of amides is 2. The molecule has 162 valence electrons. The van der Waals surface area contributed by atoms with Crippen molar-refractivity contribution in [2.45, 2.75) is 46.2 Å². The number of hydrogen-bond acceptors (Lipinski definition) is 5. The topological polar surface area (TPSA) is 92.2 Å². The Bertz CT molecular complexity index is 1140. The van der Waals surface area contributed by atoms with Crippen molar-refractivity contribution in [1.29, 1.82) is 0 Å². The van der Waals surface area contributed by atoms with Crippen molar-refractivity contribution in [1.82, 2.24) is 19.9 Å². The van der Waals surface area contributed by atoms with Gasteiger partial charge in [-0.05, 0) is 69.0 Å². The van der Waals surface area contributed by atoms with Crippen LogP contribution in [0.3, 0.4) is 0 Å². The quantitative estimate of drug-likeness (QED) is 0.676. The van der Waals surface area contributed by atoms with Crippen LogP contribution in [0, 0.1) is 13.8 Å². The predicted octanol–water partition coefficient (Wildman–Crippen LogP) is 3.22. The number of carbonyl (C=O) groups is 1. The fourth-order valence-electron chi connectivity index (χ4n) is 4.20. The van der Waals surface area contributed by atoms with Crippen LogP contribution >= 0.6 is 0 Å². The van der Waals surface area contributed by atoms with E-state index >= 15 is 0 Å². The molecule has 1 saturated heterocycles. The molecule has 2 N–H and O–H groups in total. The smallest absolute Gasteiger partial charge is 0.319 e. The largest absolute Gasteiger partial charge is 0.352 e. The number of carbonyl (C=O) groups excluding carboxylic acids is 1. The van der Waals surface area contributed by atoms with Crippen LogP contribution in [-0.4, -0.2) is 39.7 Å². The summed E-state index contributed by atoms with van der Waals surface area (Å²) in [6, 6.07) is 9.53. The highest BCUT2D eigenvalue weighted by molar-refractivity contribution is 5.89. The van der Waals surface area contributed by atoms with E-state index in [0.29, 0.717) is 36.6 Å². The van der Waals surface area contributed by atoms with E-state index in [1.807, 2.05) is 49.9 Å². The van der Waals surface area contributed by atoms with Crippen LogP contribution < -0.4 is 21.1 Å². The fraction of sp³-hybridized carbons (Fsp3) is 0.391. The van der Waals surface area contributed by atoms with Gasteiger partial charge in [0.15, 0.2) is 11.5 Å². The summed E-state index contributed by atoms with van der Waals surface area (Å²) < 4.78 is 1.67. The third-order valence-electron chi connectivity index (χ3n) is 5.61. The Labute approximate surface area is 181 Å². The molecule has 0 spiro atoms. The molecular formula is C23H28N6O2. The van der Waals surface area contributed by atoms with E-state index in [1.54, 1.807) is 10.8 Å². The second kappa shape index (κ2) is 8.75. The van der Waals surface area contributed by atoms with E-state index < -0.39 is 0 Å². The predicted molar refractivity (Wildman–Crippen MR) is 123 cm³/mol. The number of nitrogens with one attached hydrogen (secondary N) is 2. The Balaban J connectivity index is 1.41. The van der Waals surface area contributed by atoms with Crippen molar-refractivity contribution in [3.8, 4) is 0 Å². The Morgan fingerprint density at radius 3 is 2.55 bits per heavy atom. The van der Waals surface area contributed by atoms with Crippen LogP contribution in [0.15, 0.2) is 41.3 Å². The highest BCUT2D eigenvalue weighted by Crippen LogP contribution is 2.18. The van der Waals surface area contributed by atoms with Crippen molar-refractivity contribution < 1.29 is 4.79 Å². The number of aromatic nitrogens is 3. The van der Waals surface area contributed by atoms with E-state index in [4.69, 9.17) is 0 Å². The number of pyridine rings is 1. The molecule has 0 bridgehead atoms. The summed E-state index contributed by atoms with van der Waals surface area (Å²) in [7, 11) is 0. The minimum atomic E-state index is -0.202. The van der Waals surface area contributed by atoms with Gasteiger partial charge in [-0.2, -0.15) is 0 Å². The maximum atomic E-state index is 13.0. The summed E-state index contributed by atoms with van der Waals surface area (Å²) in [4.78, 5) is 36.3. The molecule has 3 heterocycles. The van der Waals surface area contributed by atoms with Gasteiger partial charge in [-0.3, -0.25) is 9.36 Å². The lowest BCUT2D eigenvalue weighted by Crippen LogP contribution is -2.47. The van der Waals surface area contributed by atoms with Crippen LogP contribution in [0.1, 0.15) is 30.9 Å². The summed E-state index contributed by atoms with van der Waals surface area (Å²) in [5.41, 5.74) is 4.22. The summed E-state index contributed by atoms with van der Waals surface area (Å²) in [5, 5.41) is 5.98. The molecule has 0 radical (unpaired) electrons. The molecule has 0 unspecified atom stereocenters. The van der Waals surface area contributed by atoms with Crippen LogP contribution in [0.25, 0.3) is 11.2 Å². The van der Waals surface area contributed by atoms with Crippen molar-refractivity contribution in [3.05, 3.63) is 58.0 Å². The van der Waals surface area contributed by atoms with E-state index in [-0.39, 0.29) is 17.6 Å². The van der Waals surface area contributed by atoms with E-state index in [9.17, 15) is 9.59 Å². The van der Waals surface area contributed by atoms with Gasteiger partial charge in [0, 0.05) is 37.6 Å². The highest BCUT2D eigenvalue weighted by Gasteiger charge is 2.24. The molecule has 2 amide bonds. The number of piperidine rings is 1.